The van der Waals surface area contributed by atoms with E-state index in [9.17, 15) is 14.0 Å². The number of rotatable bonds is 7. The molecule has 0 heterocycles. The summed E-state index contributed by atoms with van der Waals surface area (Å²) in [5.41, 5.74) is 0.915. The first-order chi connectivity index (χ1) is 12.0. The van der Waals surface area contributed by atoms with Gasteiger partial charge in [-0.3, -0.25) is 4.79 Å². The third-order valence-electron chi connectivity index (χ3n) is 3.48. The second kappa shape index (κ2) is 8.82. The maximum atomic E-state index is 12.9. The summed E-state index contributed by atoms with van der Waals surface area (Å²) in [6, 6.07) is 11.8. The van der Waals surface area contributed by atoms with E-state index < -0.39 is 5.97 Å². The zero-order valence-corrected chi connectivity index (χ0v) is 14.1. The average molecular weight is 345 g/mol. The molecule has 6 heteroatoms. The molecule has 0 fully saturated rings. The minimum absolute atomic E-state index is 0.145. The van der Waals surface area contributed by atoms with Crippen LogP contribution < -0.4 is 10.1 Å². The fourth-order valence-electron chi connectivity index (χ4n) is 1.92. The molecule has 0 aliphatic carbocycles. The van der Waals surface area contributed by atoms with Crippen molar-refractivity contribution in [2.75, 3.05) is 11.9 Å². The Kier molecular flexibility index (Phi) is 6.51. The molecule has 132 valence electrons. The highest BCUT2D eigenvalue weighted by atomic mass is 19.1. The van der Waals surface area contributed by atoms with Gasteiger partial charge in [-0.15, -0.1) is 0 Å². The van der Waals surface area contributed by atoms with Crippen molar-refractivity contribution in [3.8, 4) is 5.75 Å². The third-order valence-corrected chi connectivity index (χ3v) is 3.48. The molecule has 0 bridgehead atoms. The molecule has 2 aromatic carbocycles. The molecule has 0 radical (unpaired) electrons. The van der Waals surface area contributed by atoms with E-state index in [0.29, 0.717) is 17.0 Å². The van der Waals surface area contributed by atoms with Gasteiger partial charge < -0.3 is 14.8 Å². The van der Waals surface area contributed by atoms with Crippen LogP contribution in [0.3, 0.4) is 0 Å². The fraction of sp³-hybridized carbons (Fsp3) is 0.263. The Morgan fingerprint density at radius 1 is 1.08 bits per heavy atom. The number of carbonyl (C=O) groups is 2. The Morgan fingerprint density at radius 3 is 2.32 bits per heavy atom. The number of ether oxygens (including phenoxy) is 2. The molecular weight excluding hydrogens is 325 g/mol. The van der Waals surface area contributed by atoms with Crippen LogP contribution in [-0.4, -0.2) is 24.6 Å². The summed E-state index contributed by atoms with van der Waals surface area (Å²) >= 11 is 0. The number of halogens is 1. The Morgan fingerprint density at radius 2 is 1.72 bits per heavy atom. The Hall–Kier alpha value is -2.89. The summed E-state index contributed by atoms with van der Waals surface area (Å²) < 4.78 is 23.3. The lowest BCUT2D eigenvalue weighted by Crippen LogP contribution is -2.20. The number of esters is 1. The zero-order valence-electron chi connectivity index (χ0n) is 14.1. The van der Waals surface area contributed by atoms with Crippen LogP contribution in [-0.2, 0) is 9.53 Å². The molecule has 0 unspecified atom stereocenters. The molecule has 0 aromatic heterocycles. The summed E-state index contributed by atoms with van der Waals surface area (Å²) in [4.78, 5) is 23.7. The number of hydrogen-bond donors (Lipinski definition) is 1. The van der Waals surface area contributed by atoms with Gasteiger partial charge in [-0.2, -0.15) is 0 Å². The molecule has 1 atom stereocenters. The SMILES string of the molecule is CC[C@H](C)OC(=O)COc1ccc(C(=O)Nc2ccc(F)cc2)cc1. The number of amides is 1. The second-order valence-corrected chi connectivity index (χ2v) is 5.48. The highest BCUT2D eigenvalue weighted by molar-refractivity contribution is 6.04. The number of anilines is 1. The quantitative estimate of drug-likeness (QED) is 0.775. The second-order valence-electron chi connectivity index (χ2n) is 5.48. The van der Waals surface area contributed by atoms with Gasteiger partial charge >= 0.3 is 5.97 Å². The van der Waals surface area contributed by atoms with E-state index in [2.05, 4.69) is 5.32 Å². The minimum Gasteiger partial charge on any atom is -0.482 e. The van der Waals surface area contributed by atoms with Crippen molar-refractivity contribution < 1.29 is 23.5 Å². The molecule has 0 spiro atoms. The predicted octanol–water partition coefficient (Wildman–Crippen LogP) is 3.80. The van der Waals surface area contributed by atoms with E-state index in [4.69, 9.17) is 9.47 Å². The molecule has 0 saturated heterocycles. The number of nitrogens with one attached hydrogen (secondary N) is 1. The molecule has 5 nitrogen and oxygen atoms in total. The van der Waals surface area contributed by atoms with Gasteiger partial charge in [0.15, 0.2) is 6.61 Å². The van der Waals surface area contributed by atoms with E-state index in [-0.39, 0.29) is 24.4 Å². The van der Waals surface area contributed by atoms with Crippen LogP contribution in [0.4, 0.5) is 10.1 Å². The van der Waals surface area contributed by atoms with Gasteiger partial charge in [-0.25, -0.2) is 9.18 Å². The normalized spacial score (nSPS) is 11.5. The van der Waals surface area contributed by atoms with Gasteiger partial charge in [-0.05, 0) is 61.9 Å². The molecular formula is C19H20FNO4. The summed E-state index contributed by atoms with van der Waals surface area (Å²) in [5.74, 6) is -0.674. The Labute approximate surface area is 145 Å². The van der Waals surface area contributed by atoms with Gasteiger partial charge in [0.25, 0.3) is 5.91 Å². The van der Waals surface area contributed by atoms with E-state index in [1.165, 1.54) is 24.3 Å². The smallest absolute Gasteiger partial charge is 0.344 e. The topological polar surface area (TPSA) is 64.6 Å². The minimum atomic E-state index is -0.438. The molecule has 2 aromatic rings. The molecule has 0 aliphatic rings. The van der Waals surface area contributed by atoms with Gasteiger partial charge in [0.2, 0.25) is 0 Å². The largest absolute Gasteiger partial charge is 0.482 e. The van der Waals surface area contributed by atoms with Crippen molar-refractivity contribution >= 4 is 17.6 Å². The lowest BCUT2D eigenvalue weighted by atomic mass is 10.2. The first-order valence-electron chi connectivity index (χ1n) is 7.97. The van der Waals surface area contributed by atoms with Crippen molar-refractivity contribution in [1.82, 2.24) is 0 Å². The number of carbonyl (C=O) groups excluding carboxylic acids is 2. The summed E-state index contributed by atoms with van der Waals surface area (Å²) in [6.45, 7) is 3.55. The van der Waals surface area contributed by atoms with E-state index in [1.807, 2.05) is 13.8 Å². The molecule has 2 rings (SSSR count). The molecule has 1 amide bonds. The van der Waals surface area contributed by atoms with Crippen LogP contribution in [0.5, 0.6) is 5.75 Å². The van der Waals surface area contributed by atoms with Crippen LogP contribution in [0.25, 0.3) is 0 Å². The van der Waals surface area contributed by atoms with Crippen LogP contribution in [0.15, 0.2) is 48.5 Å². The highest BCUT2D eigenvalue weighted by Crippen LogP contribution is 2.15. The van der Waals surface area contributed by atoms with Gasteiger partial charge in [0, 0.05) is 11.3 Å². The molecule has 1 N–H and O–H groups in total. The van der Waals surface area contributed by atoms with Crippen LogP contribution in [0, 0.1) is 5.82 Å². The van der Waals surface area contributed by atoms with Gasteiger partial charge in [0.1, 0.15) is 11.6 Å². The maximum Gasteiger partial charge on any atom is 0.344 e. The number of benzene rings is 2. The number of hydrogen-bond acceptors (Lipinski definition) is 4. The first-order valence-corrected chi connectivity index (χ1v) is 7.97. The van der Waals surface area contributed by atoms with Crippen molar-refractivity contribution in [3.63, 3.8) is 0 Å². The maximum absolute atomic E-state index is 12.9. The van der Waals surface area contributed by atoms with Crippen LogP contribution in [0.2, 0.25) is 0 Å². The first kappa shape index (κ1) is 18.4. The van der Waals surface area contributed by atoms with E-state index >= 15 is 0 Å². The van der Waals surface area contributed by atoms with Crippen LogP contribution in [0.1, 0.15) is 30.6 Å². The van der Waals surface area contributed by atoms with Crippen molar-refractivity contribution in [3.05, 3.63) is 59.9 Å². The average Bonchev–Trinajstić information content (AvgIpc) is 2.62. The van der Waals surface area contributed by atoms with Crippen molar-refractivity contribution in [1.29, 1.82) is 0 Å². The fourth-order valence-corrected chi connectivity index (χ4v) is 1.92. The summed E-state index contributed by atoms with van der Waals surface area (Å²) in [6.07, 6.45) is 0.595. The van der Waals surface area contributed by atoms with Crippen molar-refractivity contribution in [2.45, 2.75) is 26.4 Å². The van der Waals surface area contributed by atoms with Crippen LogP contribution >= 0.6 is 0 Å². The Balaban J connectivity index is 1.87. The molecule has 0 saturated carbocycles. The van der Waals surface area contributed by atoms with E-state index in [1.54, 1.807) is 24.3 Å². The van der Waals surface area contributed by atoms with Gasteiger partial charge in [-0.1, -0.05) is 6.92 Å². The lowest BCUT2D eigenvalue weighted by Gasteiger charge is -2.11. The summed E-state index contributed by atoms with van der Waals surface area (Å²) in [5, 5.41) is 2.66. The highest BCUT2D eigenvalue weighted by Gasteiger charge is 2.10. The summed E-state index contributed by atoms with van der Waals surface area (Å²) in [7, 11) is 0. The monoisotopic (exact) mass is 345 g/mol. The third kappa shape index (κ3) is 5.91. The molecule has 0 aliphatic heterocycles. The zero-order chi connectivity index (χ0) is 18.2. The standard InChI is InChI=1S/C19H20FNO4/c1-3-13(2)25-18(22)12-24-17-10-4-14(5-11-17)19(23)21-16-8-6-15(20)7-9-16/h4-11,13H,3,12H2,1-2H3,(H,21,23)/t13-/m0/s1. The van der Waals surface area contributed by atoms with Gasteiger partial charge in [0.05, 0.1) is 6.10 Å². The predicted molar refractivity (Wildman–Crippen MR) is 92.1 cm³/mol. The van der Waals surface area contributed by atoms with Crippen molar-refractivity contribution in [2.24, 2.45) is 0 Å². The van der Waals surface area contributed by atoms with E-state index in [0.717, 1.165) is 6.42 Å². The lowest BCUT2D eigenvalue weighted by molar-refractivity contribution is -0.150. The molecule has 25 heavy (non-hydrogen) atoms. The Bertz CT molecular complexity index is 713.